The van der Waals surface area contributed by atoms with E-state index < -0.39 is 0 Å². The van der Waals surface area contributed by atoms with Gasteiger partial charge < -0.3 is 9.15 Å². The monoisotopic (exact) mass is 296 g/mol. The Morgan fingerprint density at radius 2 is 2.00 bits per heavy atom. The first-order valence-corrected chi connectivity index (χ1v) is 5.88. The molecule has 1 aromatic carbocycles. The van der Waals surface area contributed by atoms with Gasteiger partial charge in [0, 0.05) is 0 Å². The van der Waals surface area contributed by atoms with E-state index in [2.05, 4.69) is 21.4 Å². The molecule has 0 spiro atoms. The van der Waals surface area contributed by atoms with E-state index in [1.165, 1.54) is 0 Å². The molecule has 4 nitrogen and oxygen atoms in total. The van der Waals surface area contributed by atoms with Crippen molar-refractivity contribution in [3.63, 3.8) is 0 Å². The summed E-state index contributed by atoms with van der Waals surface area (Å²) in [6, 6.07) is 9.30. The zero-order valence-corrected chi connectivity index (χ0v) is 10.9. The lowest BCUT2D eigenvalue weighted by molar-refractivity contribution is 0.413. The van der Waals surface area contributed by atoms with E-state index in [4.69, 9.17) is 15.0 Å². The Kier molecular flexibility index (Phi) is 3.83. The molecular weight excluding hydrogens is 284 g/mol. The number of halogens is 1. The number of rotatable bonds is 4. The fourth-order valence-electron chi connectivity index (χ4n) is 1.63. The molecule has 0 saturated carbocycles. The minimum atomic E-state index is -0.190. The van der Waals surface area contributed by atoms with Crippen molar-refractivity contribution in [1.29, 1.82) is 0 Å². The maximum absolute atomic E-state index is 5.57. The summed E-state index contributed by atoms with van der Waals surface area (Å²) in [5.41, 5.74) is 3.74. The van der Waals surface area contributed by atoms with Crippen LogP contribution >= 0.6 is 15.9 Å². The van der Waals surface area contributed by atoms with Crippen LogP contribution in [0.1, 0.15) is 17.4 Å². The molecule has 2 aromatic rings. The third-order valence-corrected chi connectivity index (χ3v) is 3.18. The highest BCUT2D eigenvalue weighted by Gasteiger charge is 2.18. The average molecular weight is 297 g/mol. The first-order valence-electron chi connectivity index (χ1n) is 5.09. The molecule has 1 unspecified atom stereocenters. The van der Waals surface area contributed by atoms with Gasteiger partial charge in [0.2, 0.25) is 0 Å². The molecule has 0 aliphatic heterocycles. The summed E-state index contributed by atoms with van der Waals surface area (Å²) in [5, 5.41) is 0. The zero-order valence-electron chi connectivity index (χ0n) is 9.31. The summed E-state index contributed by atoms with van der Waals surface area (Å²) in [5.74, 6) is 7.13. The Bertz CT molecular complexity index is 482. The average Bonchev–Trinajstić information content (AvgIpc) is 2.78. The highest BCUT2D eigenvalue weighted by molar-refractivity contribution is 9.10. The van der Waals surface area contributed by atoms with Crippen LogP contribution in [-0.4, -0.2) is 7.11 Å². The van der Waals surface area contributed by atoms with E-state index in [9.17, 15) is 0 Å². The number of hydrazine groups is 1. The van der Waals surface area contributed by atoms with Crippen molar-refractivity contribution in [2.45, 2.75) is 6.04 Å². The third kappa shape index (κ3) is 2.52. The number of nitrogens with two attached hydrogens (primary N) is 1. The van der Waals surface area contributed by atoms with Gasteiger partial charge in [0.15, 0.2) is 0 Å². The van der Waals surface area contributed by atoms with Crippen LogP contribution in [0.15, 0.2) is 45.5 Å². The lowest BCUT2D eigenvalue weighted by Crippen LogP contribution is -2.28. The highest BCUT2D eigenvalue weighted by Crippen LogP contribution is 2.29. The number of benzene rings is 1. The van der Waals surface area contributed by atoms with E-state index in [-0.39, 0.29) is 6.04 Å². The predicted molar refractivity (Wildman–Crippen MR) is 68.6 cm³/mol. The van der Waals surface area contributed by atoms with E-state index >= 15 is 0 Å². The highest BCUT2D eigenvalue weighted by atomic mass is 79.9. The van der Waals surface area contributed by atoms with Crippen LogP contribution in [0, 0.1) is 0 Å². The van der Waals surface area contributed by atoms with Gasteiger partial charge in [0.1, 0.15) is 17.6 Å². The number of nitrogens with one attached hydrogen (secondary N) is 1. The smallest absolute Gasteiger partial charge is 0.140 e. The van der Waals surface area contributed by atoms with Crippen LogP contribution in [0.4, 0.5) is 0 Å². The van der Waals surface area contributed by atoms with Gasteiger partial charge >= 0.3 is 0 Å². The summed E-state index contributed by atoms with van der Waals surface area (Å²) in [6.45, 7) is 0. The predicted octanol–water partition coefficient (Wildman–Crippen LogP) is 2.60. The molecular formula is C12H13BrN2O2. The zero-order chi connectivity index (χ0) is 12.3. The van der Waals surface area contributed by atoms with Gasteiger partial charge in [-0.2, -0.15) is 0 Å². The van der Waals surface area contributed by atoms with Gasteiger partial charge in [-0.15, -0.1) is 0 Å². The molecule has 0 aliphatic carbocycles. The van der Waals surface area contributed by atoms with E-state index in [1.807, 2.05) is 30.3 Å². The fourth-order valence-corrected chi connectivity index (χ4v) is 2.06. The van der Waals surface area contributed by atoms with Gasteiger partial charge in [-0.1, -0.05) is 12.1 Å². The summed E-state index contributed by atoms with van der Waals surface area (Å²) in [4.78, 5) is 0. The van der Waals surface area contributed by atoms with Crippen molar-refractivity contribution in [2.24, 2.45) is 5.84 Å². The minimum absolute atomic E-state index is 0.190. The molecule has 0 radical (unpaired) electrons. The van der Waals surface area contributed by atoms with Crippen LogP contribution in [0.5, 0.6) is 5.75 Å². The first kappa shape index (κ1) is 12.2. The van der Waals surface area contributed by atoms with Crippen molar-refractivity contribution >= 4 is 15.9 Å². The Hall–Kier alpha value is -1.30. The minimum Gasteiger partial charge on any atom is -0.497 e. The van der Waals surface area contributed by atoms with Crippen molar-refractivity contribution in [3.05, 3.63) is 52.4 Å². The van der Waals surface area contributed by atoms with Crippen LogP contribution < -0.4 is 16.0 Å². The lowest BCUT2D eigenvalue weighted by Gasteiger charge is -2.14. The standard InChI is InChI=1S/C12H13BrN2O2/c1-16-9-4-2-8(3-5-9)11(15-14)12-10(13)6-7-17-12/h2-7,11,15H,14H2,1H3. The molecule has 0 saturated heterocycles. The van der Waals surface area contributed by atoms with Gasteiger partial charge in [-0.05, 0) is 39.7 Å². The van der Waals surface area contributed by atoms with E-state index in [0.29, 0.717) is 0 Å². The molecule has 1 aromatic heterocycles. The SMILES string of the molecule is COc1ccc(C(NN)c2occc2Br)cc1. The molecule has 0 fully saturated rings. The van der Waals surface area contributed by atoms with Crippen molar-refractivity contribution in [1.82, 2.24) is 5.43 Å². The Balaban J connectivity index is 2.32. The molecule has 0 aliphatic rings. The first-order chi connectivity index (χ1) is 8.26. The molecule has 1 heterocycles. The fraction of sp³-hybridized carbons (Fsp3) is 0.167. The largest absolute Gasteiger partial charge is 0.497 e. The quantitative estimate of drug-likeness (QED) is 0.672. The second-order valence-corrected chi connectivity index (χ2v) is 4.36. The van der Waals surface area contributed by atoms with Crippen LogP contribution in [0.25, 0.3) is 0 Å². The van der Waals surface area contributed by atoms with Gasteiger partial charge in [-0.25, -0.2) is 5.43 Å². The van der Waals surface area contributed by atoms with Crippen molar-refractivity contribution < 1.29 is 9.15 Å². The third-order valence-electron chi connectivity index (χ3n) is 2.52. The number of ether oxygens (including phenoxy) is 1. The second-order valence-electron chi connectivity index (χ2n) is 3.51. The summed E-state index contributed by atoms with van der Waals surface area (Å²) < 4.78 is 11.4. The molecule has 5 heteroatoms. The Morgan fingerprint density at radius 3 is 2.47 bits per heavy atom. The van der Waals surface area contributed by atoms with Crippen molar-refractivity contribution in [3.8, 4) is 5.75 Å². The molecule has 90 valence electrons. The molecule has 2 rings (SSSR count). The topological polar surface area (TPSA) is 60.4 Å². The maximum Gasteiger partial charge on any atom is 0.140 e. The summed E-state index contributed by atoms with van der Waals surface area (Å²) in [6.07, 6.45) is 1.62. The van der Waals surface area contributed by atoms with Gasteiger partial charge in [0.25, 0.3) is 0 Å². The Labute approximate surface area is 108 Å². The van der Waals surface area contributed by atoms with Gasteiger partial charge in [0.05, 0.1) is 17.8 Å². The molecule has 3 N–H and O–H groups in total. The Morgan fingerprint density at radius 1 is 1.29 bits per heavy atom. The molecule has 0 bridgehead atoms. The van der Waals surface area contributed by atoms with Crippen LogP contribution in [0.3, 0.4) is 0 Å². The molecule has 1 atom stereocenters. The van der Waals surface area contributed by atoms with E-state index in [1.54, 1.807) is 13.4 Å². The second kappa shape index (κ2) is 5.35. The van der Waals surface area contributed by atoms with Crippen LogP contribution in [-0.2, 0) is 0 Å². The molecule has 17 heavy (non-hydrogen) atoms. The normalized spacial score (nSPS) is 12.4. The number of methoxy groups -OCH3 is 1. The number of hydrogen-bond acceptors (Lipinski definition) is 4. The number of hydrogen-bond donors (Lipinski definition) is 2. The maximum atomic E-state index is 5.57. The lowest BCUT2D eigenvalue weighted by atomic mass is 10.1. The number of furan rings is 1. The van der Waals surface area contributed by atoms with Crippen molar-refractivity contribution in [2.75, 3.05) is 7.11 Å². The van der Waals surface area contributed by atoms with E-state index in [0.717, 1.165) is 21.5 Å². The molecule has 0 amide bonds. The van der Waals surface area contributed by atoms with Gasteiger partial charge in [-0.3, -0.25) is 5.84 Å². The summed E-state index contributed by atoms with van der Waals surface area (Å²) >= 11 is 3.42. The summed E-state index contributed by atoms with van der Waals surface area (Å²) in [7, 11) is 1.64. The van der Waals surface area contributed by atoms with Crippen LogP contribution in [0.2, 0.25) is 0 Å².